The van der Waals surface area contributed by atoms with Gasteiger partial charge < -0.3 is 5.11 Å². The zero-order chi connectivity index (χ0) is 20.3. The Morgan fingerprint density at radius 1 is 1.14 bits per heavy atom. The molecule has 0 saturated carbocycles. The molecular formula is C23H26N2O3. The van der Waals surface area contributed by atoms with Gasteiger partial charge in [0.1, 0.15) is 5.82 Å². The summed E-state index contributed by atoms with van der Waals surface area (Å²) in [5, 5.41) is 8.83. The number of hydrogen-bond donors (Lipinski definition) is 1. The normalized spacial score (nSPS) is 12.2. The summed E-state index contributed by atoms with van der Waals surface area (Å²) in [7, 11) is 0. The van der Waals surface area contributed by atoms with Gasteiger partial charge in [-0.15, -0.1) is 0 Å². The number of benzene rings is 2. The quantitative estimate of drug-likeness (QED) is 0.570. The molecule has 0 saturated heterocycles. The van der Waals surface area contributed by atoms with Crippen molar-refractivity contribution < 1.29 is 14.7 Å². The van der Waals surface area contributed by atoms with E-state index < -0.39 is 5.97 Å². The van der Waals surface area contributed by atoms with E-state index in [2.05, 4.69) is 42.7 Å². The van der Waals surface area contributed by atoms with Crippen LogP contribution in [-0.2, 0) is 17.6 Å². The molecule has 1 atom stereocenters. The van der Waals surface area contributed by atoms with Crippen molar-refractivity contribution >= 4 is 22.8 Å². The van der Waals surface area contributed by atoms with Gasteiger partial charge in [-0.25, -0.2) is 4.98 Å². The summed E-state index contributed by atoms with van der Waals surface area (Å²) in [6.45, 7) is 5.72. The van der Waals surface area contributed by atoms with Crippen molar-refractivity contribution in [1.29, 1.82) is 0 Å². The van der Waals surface area contributed by atoms with Crippen molar-refractivity contribution in [3.05, 3.63) is 59.4 Å². The molecule has 146 valence electrons. The van der Waals surface area contributed by atoms with Crippen molar-refractivity contribution in [2.45, 2.75) is 46.5 Å². The molecule has 0 aliphatic rings. The van der Waals surface area contributed by atoms with Crippen LogP contribution in [0.15, 0.2) is 42.5 Å². The second kappa shape index (κ2) is 8.38. The van der Waals surface area contributed by atoms with Gasteiger partial charge in [-0.1, -0.05) is 26.0 Å². The molecule has 3 aromatic rings. The number of hydrogen-bond acceptors (Lipinski definition) is 3. The molecule has 2 aromatic carbocycles. The average molecular weight is 378 g/mol. The number of aryl methyl sites for hydroxylation is 1. The number of fused-ring (bicyclic) bond motifs is 1. The summed E-state index contributed by atoms with van der Waals surface area (Å²) < 4.78 is 2.14. The Balaban J connectivity index is 1.88. The Labute approximate surface area is 165 Å². The van der Waals surface area contributed by atoms with Crippen LogP contribution in [-0.4, -0.2) is 26.4 Å². The van der Waals surface area contributed by atoms with E-state index in [4.69, 9.17) is 10.1 Å². The highest BCUT2D eigenvalue weighted by Crippen LogP contribution is 2.24. The van der Waals surface area contributed by atoms with Gasteiger partial charge in [0, 0.05) is 24.1 Å². The van der Waals surface area contributed by atoms with Crippen molar-refractivity contribution in [1.82, 2.24) is 9.55 Å². The minimum Gasteiger partial charge on any atom is -0.481 e. The maximum atomic E-state index is 11.7. The number of Topliss-reactive ketones (excluding diaryl/α,β-unsaturated/α-hetero) is 1. The maximum absolute atomic E-state index is 11.7. The van der Waals surface area contributed by atoms with E-state index in [0.717, 1.165) is 35.4 Å². The minimum absolute atomic E-state index is 0.0378. The molecule has 28 heavy (non-hydrogen) atoms. The Kier molecular flexibility index (Phi) is 5.93. The number of rotatable bonds is 8. The SMILES string of the molecule is CCc1nc2cc(C(C)=O)ccc2n1-c1ccc(C[C@@H](C)CCC(=O)O)cc1. The van der Waals surface area contributed by atoms with Crippen molar-refractivity contribution in [3.8, 4) is 5.69 Å². The molecule has 0 unspecified atom stereocenters. The number of carbonyl (C=O) groups excluding carboxylic acids is 1. The fourth-order valence-electron chi connectivity index (χ4n) is 3.53. The lowest BCUT2D eigenvalue weighted by Gasteiger charge is -2.12. The topological polar surface area (TPSA) is 72.2 Å². The van der Waals surface area contributed by atoms with Gasteiger partial charge in [0.25, 0.3) is 0 Å². The Hall–Kier alpha value is -2.95. The lowest BCUT2D eigenvalue weighted by Crippen LogP contribution is -2.05. The smallest absolute Gasteiger partial charge is 0.303 e. The molecule has 1 heterocycles. The summed E-state index contributed by atoms with van der Waals surface area (Å²) >= 11 is 0. The fraction of sp³-hybridized carbons (Fsp3) is 0.348. The number of carboxylic acid groups (broad SMARTS) is 1. The van der Waals surface area contributed by atoms with E-state index in [-0.39, 0.29) is 12.2 Å². The van der Waals surface area contributed by atoms with Crippen LogP contribution < -0.4 is 0 Å². The molecule has 0 radical (unpaired) electrons. The molecule has 0 aliphatic heterocycles. The third-order valence-electron chi connectivity index (χ3n) is 5.08. The predicted octanol–water partition coefficient (Wildman–Crippen LogP) is 4.83. The molecule has 5 heteroatoms. The van der Waals surface area contributed by atoms with Gasteiger partial charge in [0.2, 0.25) is 0 Å². The summed E-state index contributed by atoms with van der Waals surface area (Å²) in [5.74, 6) is 0.579. The number of carboxylic acids is 1. The standard InChI is InChI=1S/C23H26N2O3/c1-4-22-24-20-14-18(16(3)26)8-11-21(20)25(22)19-9-6-17(7-10-19)13-15(2)5-12-23(27)28/h6-11,14-15H,4-5,12-13H2,1-3H3,(H,27,28)/t15-/m0/s1. The molecule has 0 amide bonds. The van der Waals surface area contributed by atoms with E-state index in [9.17, 15) is 9.59 Å². The van der Waals surface area contributed by atoms with Crippen LogP contribution in [0.5, 0.6) is 0 Å². The van der Waals surface area contributed by atoms with E-state index in [1.54, 1.807) is 6.92 Å². The molecule has 5 nitrogen and oxygen atoms in total. The second-order valence-corrected chi connectivity index (χ2v) is 7.38. The predicted molar refractivity (Wildman–Crippen MR) is 110 cm³/mol. The van der Waals surface area contributed by atoms with E-state index >= 15 is 0 Å². The molecule has 0 spiro atoms. The first-order valence-electron chi connectivity index (χ1n) is 9.72. The summed E-state index contributed by atoms with van der Waals surface area (Å²) in [6, 6.07) is 14.0. The lowest BCUT2D eigenvalue weighted by atomic mass is 9.96. The summed E-state index contributed by atoms with van der Waals surface area (Å²) in [6.07, 6.45) is 2.54. The minimum atomic E-state index is -0.741. The monoisotopic (exact) mass is 378 g/mol. The van der Waals surface area contributed by atoms with Gasteiger partial charge in [-0.2, -0.15) is 0 Å². The average Bonchev–Trinajstić information content (AvgIpc) is 3.04. The third kappa shape index (κ3) is 4.30. The van der Waals surface area contributed by atoms with Gasteiger partial charge >= 0.3 is 5.97 Å². The van der Waals surface area contributed by atoms with E-state index in [1.165, 1.54) is 5.56 Å². The number of nitrogens with zero attached hydrogens (tertiary/aromatic N) is 2. The fourth-order valence-corrected chi connectivity index (χ4v) is 3.53. The van der Waals surface area contributed by atoms with Crippen LogP contribution in [0.4, 0.5) is 0 Å². The van der Waals surface area contributed by atoms with E-state index in [1.807, 2.05) is 18.2 Å². The first kappa shape index (κ1) is 19.8. The number of carbonyl (C=O) groups is 2. The van der Waals surface area contributed by atoms with Gasteiger partial charge in [0.15, 0.2) is 5.78 Å². The lowest BCUT2D eigenvalue weighted by molar-refractivity contribution is -0.137. The van der Waals surface area contributed by atoms with Crippen molar-refractivity contribution in [2.24, 2.45) is 5.92 Å². The zero-order valence-corrected chi connectivity index (χ0v) is 16.6. The van der Waals surface area contributed by atoms with Crippen LogP contribution in [0.3, 0.4) is 0 Å². The molecule has 0 fully saturated rings. The highest BCUT2D eigenvalue weighted by molar-refractivity contribution is 5.97. The number of ketones is 1. The molecule has 0 aliphatic carbocycles. The Bertz CT molecular complexity index is 1000. The van der Waals surface area contributed by atoms with Crippen LogP contribution in [0, 0.1) is 5.92 Å². The highest BCUT2D eigenvalue weighted by Gasteiger charge is 2.13. The Morgan fingerprint density at radius 2 is 1.86 bits per heavy atom. The largest absolute Gasteiger partial charge is 0.481 e. The van der Waals surface area contributed by atoms with Gasteiger partial charge in [0.05, 0.1) is 11.0 Å². The molecular weight excluding hydrogens is 352 g/mol. The first-order chi connectivity index (χ1) is 13.4. The van der Waals surface area contributed by atoms with Crippen molar-refractivity contribution in [2.75, 3.05) is 0 Å². The second-order valence-electron chi connectivity index (χ2n) is 7.38. The van der Waals surface area contributed by atoms with Crippen LogP contribution in [0.25, 0.3) is 16.7 Å². The Morgan fingerprint density at radius 3 is 2.46 bits per heavy atom. The first-order valence-corrected chi connectivity index (χ1v) is 9.72. The van der Waals surface area contributed by atoms with Gasteiger partial charge in [-0.05, 0) is 61.6 Å². The molecule has 0 bridgehead atoms. The maximum Gasteiger partial charge on any atom is 0.303 e. The van der Waals surface area contributed by atoms with Crippen molar-refractivity contribution in [3.63, 3.8) is 0 Å². The van der Waals surface area contributed by atoms with Crippen LogP contribution in [0.1, 0.15) is 55.4 Å². The third-order valence-corrected chi connectivity index (χ3v) is 5.08. The molecule has 3 rings (SSSR count). The highest BCUT2D eigenvalue weighted by atomic mass is 16.4. The van der Waals surface area contributed by atoms with Gasteiger partial charge in [-0.3, -0.25) is 14.2 Å². The number of aromatic nitrogens is 2. The zero-order valence-electron chi connectivity index (χ0n) is 16.6. The number of imidazole rings is 1. The summed E-state index contributed by atoms with van der Waals surface area (Å²) in [4.78, 5) is 27.1. The van der Waals surface area contributed by atoms with E-state index in [0.29, 0.717) is 17.9 Å². The molecule has 1 aromatic heterocycles. The summed E-state index contributed by atoms with van der Waals surface area (Å²) in [5.41, 5.74) is 4.73. The van der Waals surface area contributed by atoms with Crippen LogP contribution in [0.2, 0.25) is 0 Å². The number of aliphatic carboxylic acids is 1. The van der Waals surface area contributed by atoms with Crippen LogP contribution >= 0.6 is 0 Å². The molecule has 1 N–H and O–H groups in total.